The van der Waals surface area contributed by atoms with Crippen molar-refractivity contribution in [3.63, 3.8) is 0 Å². The molecule has 0 bridgehead atoms. The quantitative estimate of drug-likeness (QED) is 0.300. The van der Waals surface area contributed by atoms with E-state index in [0.29, 0.717) is 6.42 Å². The number of aliphatic hydroxyl groups is 1. The van der Waals surface area contributed by atoms with Crippen LogP contribution in [-0.2, 0) is 28.4 Å². The fraction of sp³-hybridized carbons (Fsp3) is 0.657. The SMILES string of the molecule is CCC1(CC)O[C@@H](c2ccc3c(C)ncnn23)[C@@H]2OC(C)(C)O[C@@H]21.CC[C@]1(CO)O[C@@H](c2ccc3c(C)ncnn23)[C@@H]2OC(C)(C)O[C@@H]21. The first kappa shape index (κ1) is 33.5. The molecule has 48 heavy (non-hydrogen) atoms. The monoisotopic (exact) mass is 664 g/mol. The largest absolute Gasteiger partial charge is 0.393 e. The predicted molar refractivity (Wildman–Crippen MR) is 174 cm³/mol. The van der Waals surface area contributed by atoms with Gasteiger partial charge in [-0.3, -0.25) is 0 Å². The molecule has 4 aliphatic heterocycles. The van der Waals surface area contributed by atoms with Crippen LogP contribution in [0, 0.1) is 13.8 Å². The Kier molecular flexibility index (Phi) is 8.22. The molecule has 7 atom stereocenters. The third kappa shape index (κ3) is 5.17. The maximum Gasteiger partial charge on any atom is 0.164 e. The van der Waals surface area contributed by atoms with Crippen LogP contribution in [0.15, 0.2) is 36.9 Å². The van der Waals surface area contributed by atoms with E-state index in [1.54, 1.807) is 6.33 Å². The van der Waals surface area contributed by atoms with Gasteiger partial charge in [0.25, 0.3) is 0 Å². The molecule has 0 spiro atoms. The van der Waals surface area contributed by atoms with Gasteiger partial charge in [0, 0.05) is 0 Å². The van der Waals surface area contributed by atoms with E-state index in [-0.39, 0.29) is 48.8 Å². The van der Waals surface area contributed by atoms with Gasteiger partial charge < -0.3 is 33.5 Å². The summed E-state index contributed by atoms with van der Waals surface area (Å²) in [7, 11) is 0. The molecule has 4 aliphatic rings. The highest BCUT2D eigenvalue weighted by molar-refractivity contribution is 5.53. The topological polar surface area (TPSA) is 136 Å². The molecule has 8 rings (SSSR count). The van der Waals surface area contributed by atoms with Gasteiger partial charge in [0.2, 0.25) is 0 Å². The molecular weight excluding hydrogens is 616 g/mol. The van der Waals surface area contributed by atoms with Crippen molar-refractivity contribution in [1.82, 2.24) is 29.2 Å². The van der Waals surface area contributed by atoms with E-state index in [4.69, 9.17) is 28.4 Å². The Hall–Kier alpha value is -3.04. The summed E-state index contributed by atoms with van der Waals surface area (Å²) in [5, 5.41) is 18.8. The molecule has 0 aromatic carbocycles. The fourth-order valence-electron chi connectivity index (χ4n) is 7.99. The van der Waals surface area contributed by atoms with Crippen molar-refractivity contribution in [3.8, 4) is 0 Å². The Morgan fingerprint density at radius 2 is 1.04 bits per heavy atom. The summed E-state index contributed by atoms with van der Waals surface area (Å²) in [6.45, 7) is 17.8. The number of ether oxygens (including phenoxy) is 6. The second-order valence-electron chi connectivity index (χ2n) is 14.3. The number of fused-ring (bicyclic) bond motifs is 4. The molecule has 4 aromatic heterocycles. The van der Waals surface area contributed by atoms with Crippen LogP contribution in [0.5, 0.6) is 0 Å². The average Bonchev–Trinajstić information content (AvgIpc) is 3.89. The number of nitrogens with zero attached hydrogens (tertiary/aromatic N) is 6. The zero-order valence-corrected chi connectivity index (χ0v) is 29.3. The molecule has 4 fully saturated rings. The predicted octanol–water partition coefficient (Wildman–Crippen LogP) is 4.96. The van der Waals surface area contributed by atoms with E-state index in [2.05, 4.69) is 40.1 Å². The molecular formula is C35H48N6O7. The lowest BCUT2D eigenvalue weighted by atomic mass is 9.89. The lowest BCUT2D eigenvalue weighted by Crippen LogP contribution is -2.45. The number of aromatic nitrogens is 6. The second-order valence-corrected chi connectivity index (χ2v) is 14.3. The van der Waals surface area contributed by atoms with E-state index in [1.165, 1.54) is 6.33 Å². The number of aryl methyl sites for hydroxylation is 2. The van der Waals surface area contributed by atoms with Crippen molar-refractivity contribution in [2.75, 3.05) is 6.61 Å². The molecule has 4 aromatic rings. The lowest BCUT2D eigenvalue weighted by molar-refractivity contribution is -0.218. The van der Waals surface area contributed by atoms with E-state index in [1.807, 2.05) is 75.7 Å². The van der Waals surface area contributed by atoms with Gasteiger partial charge in [0.15, 0.2) is 11.6 Å². The maximum atomic E-state index is 10.0. The maximum absolute atomic E-state index is 10.0. The molecule has 13 nitrogen and oxygen atoms in total. The highest BCUT2D eigenvalue weighted by atomic mass is 16.8. The van der Waals surface area contributed by atoms with Crippen molar-refractivity contribution < 1.29 is 33.5 Å². The van der Waals surface area contributed by atoms with Crippen molar-refractivity contribution in [1.29, 1.82) is 0 Å². The van der Waals surface area contributed by atoms with E-state index in [0.717, 1.165) is 46.7 Å². The van der Waals surface area contributed by atoms with Crippen LogP contribution in [0.4, 0.5) is 0 Å². The molecule has 8 heterocycles. The summed E-state index contributed by atoms with van der Waals surface area (Å²) in [4.78, 5) is 8.50. The summed E-state index contributed by atoms with van der Waals surface area (Å²) in [6, 6.07) is 8.07. The van der Waals surface area contributed by atoms with Gasteiger partial charge in [-0.25, -0.2) is 19.0 Å². The van der Waals surface area contributed by atoms with Gasteiger partial charge >= 0.3 is 0 Å². The smallest absolute Gasteiger partial charge is 0.164 e. The van der Waals surface area contributed by atoms with E-state index in [9.17, 15) is 5.11 Å². The van der Waals surface area contributed by atoms with Crippen LogP contribution in [-0.4, -0.2) is 88.1 Å². The summed E-state index contributed by atoms with van der Waals surface area (Å²) in [5.74, 6) is -1.30. The number of hydrogen-bond donors (Lipinski definition) is 1. The Morgan fingerprint density at radius 1 is 0.625 bits per heavy atom. The highest BCUT2D eigenvalue weighted by Crippen LogP contribution is 2.53. The van der Waals surface area contributed by atoms with Gasteiger partial charge in [-0.15, -0.1) is 0 Å². The van der Waals surface area contributed by atoms with Crippen molar-refractivity contribution in [3.05, 3.63) is 59.7 Å². The van der Waals surface area contributed by atoms with Crippen LogP contribution in [0.3, 0.4) is 0 Å². The lowest BCUT2D eigenvalue weighted by Gasteiger charge is -2.33. The van der Waals surface area contributed by atoms with Crippen LogP contribution >= 0.6 is 0 Å². The van der Waals surface area contributed by atoms with E-state index >= 15 is 0 Å². The van der Waals surface area contributed by atoms with Crippen molar-refractivity contribution in [2.24, 2.45) is 0 Å². The third-order valence-electron chi connectivity index (χ3n) is 10.6. The zero-order valence-electron chi connectivity index (χ0n) is 29.3. The van der Waals surface area contributed by atoms with Crippen molar-refractivity contribution >= 4 is 11.0 Å². The minimum absolute atomic E-state index is 0.0685. The van der Waals surface area contributed by atoms with Gasteiger partial charge in [0.1, 0.15) is 54.9 Å². The second kappa shape index (κ2) is 11.8. The first-order valence-electron chi connectivity index (χ1n) is 17.1. The number of hydrogen-bond acceptors (Lipinski definition) is 11. The normalized spacial score (nSPS) is 32.8. The average molecular weight is 665 g/mol. The fourth-order valence-corrected chi connectivity index (χ4v) is 7.99. The molecule has 0 aliphatic carbocycles. The molecule has 0 unspecified atom stereocenters. The van der Waals surface area contributed by atoms with Gasteiger partial charge in [-0.2, -0.15) is 10.2 Å². The summed E-state index contributed by atoms with van der Waals surface area (Å²) in [5.41, 5.74) is 4.57. The molecule has 0 amide bonds. The molecule has 0 saturated carbocycles. The first-order chi connectivity index (χ1) is 22.8. The summed E-state index contributed by atoms with van der Waals surface area (Å²) in [6.07, 6.45) is 4.16. The molecule has 13 heteroatoms. The standard InChI is InChI=1S/C18H25N3O3.C17H23N3O4/c1-6-18(7-2)16-15(22-17(4,5)24-16)14(23-18)13-9-8-12-11(3)19-10-20-21(12)13;1-5-17(8-21)15-14(22-16(3,4)24-15)13(23-17)12-7-6-11-10(2)18-9-19-20(11)12/h8-10,14-16H,6-7H2,1-5H3;6-7,9,13-15,21H,5,8H2,1-4H3/t14-,15-,16-;13-,14-,15-,17+/m00/s1. The minimum atomic E-state index is -0.769. The van der Waals surface area contributed by atoms with Crippen LogP contribution in [0.1, 0.15) is 103 Å². The molecule has 260 valence electrons. The summed E-state index contributed by atoms with van der Waals surface area (Å²) >= 11 is 0. The van der Waals surface area contributed by atoms with E-state index < -0.39 is 17.2 Å². The number of rotatable bonds is 6. The van der Waals surface area contributed by atoms with Gasteiger partial charge in [-0.1, -0.05) is 20.8 Å². The first-order valence-corrected chi connectivity index (χ1v) is 17.1. The Morgan fingerprint density at radius 3 is 1.46 bits per heavy atom. The Labute approximate surface area is 280 Å². The minimum Gasteiger partial charge on any atom is -0.393 e. The number of aliphatic hydroxyl groups excluding tert-OH is 1. The van der Waals surface area contributed by atoms with Gasteiger partial charge in [-0.05, 0) is 85.1 Å². The highest BCUT2D eigenvalue weighted by Gasteiger charge is 2.63. The molecule has 0 radical (unpaired) electrons. The Bertz CT molecular complexity index is 1660. The molecule has 4 saturated heterocycles. The van der Waals surface area contributed by atoms with Crippen molar-refractivity contribution in [2.45, 2.75) is 141 Å². The van der Waals surface area contributed by atoms with Crippen LogP contribution in [0.2, 0.25) is 0 Å². The van der Waals surface area contributed by atoms with Crippen LogP contribution < -0.4 is 0 Å². The zero-order chi connectivity index (χ0) is 34.2. The van der Waals surface area contributed by atoms with Gasteiger partial charge in [0.05, 0.1) is 46.0 Å². The van der Waals surface area contributed by atoms with Crippen LogP contribution in [0.25, 0.3) is 11.0 Å². The summed E-state index contributed by atoms with van der Waals surface area (Å²) < 4.78 is 41.3. The Balaban J connectivity index is 0.000000152. The molecule has 1 N–H and O–H groups in total. The third-order valence-corrected chi connectivity index (χ3v) is 10.6.